The van der Waals surface area contributed by atoms with E-state index in [4.69, 9.17) is 5.11 Å². The van der Waals surface area contributed by atoms with Crippen molar-refractivity contribution in [2.45, 2.75) is 92.1 Å². The van der Waals surface area contributed by atoms with Gasteiger partial charge in [0.15, 0.2) is 0 Å². The van der Waals surface area contributed by atoms with Crippen LogP contribution < -0.4 is 0 Å². The van der Waals surface area contributed by atoms with E-state index < -0.39 is 29.8 Å². The number of carbonyl (C=O) groups excluding carboxylic acids is 2. The summed E-state index contributed by atoms with van der Waals surface area (Å²) in [7, 11) is 0. The van der Waals surface area contributed by atoms with E-state index in [1.807, 2.05) is 39.8 Å². The summed E-state index contributed by atoms with van der Waals surface area (Å²) in [5.74, 6) is -2.89. The van der Waals surface area contributed by atoms with E-state index in [2.05, 4.69) is 13.0 Å². The molecule has 1 saturated heterocycles. The molecule has 4 N–H and O–H groups in total. The summed E-state index contributed by atoms with van der Waals surface area (Å²) in [6.45, 7) is 9.77. The van der Waals surface area contributed by atoms with Crippen LogP contribution in [0, 0.1) is 37.5 Å². The Labute approximate surface area is 243 Å². The van der Waals surface area contributed by atoms with E-state index in [1.54, 1.807) is 0 Å². The number of aliphatic carboxylic acids is 1. The predicted octanol–water partition coefficient (Wildman–Crippen LogP) is 5.15. The summed E-state index contributed by atoms with van der Waals surface area (Å²) in [5, 5.41) is 41.0. The van der Waals surface area contributed by atoms with Crippen LogP contribution in [-0.2, 0) is 14.4 Å². The molecule has 1 fully saturated rings. The number of rotatable bonds is 14. The van der Waals surface area contributed by atoms with Gasteiger partial charge >= 0.3 is 5.97 Å². The molecule has 41 heavy (non-hydrogen) atoms. The molecule has 0 bridgehead atoms. The molecular formula is C33H47NO7. The SMILES string of the molecule is CC/C(=C\c1cc(C)c(O)c(C)c1)CC[C@@H](O)C1=C(C(C)C)C[C@H]2C(=O)N(CCCCCC(=O)O)C(=O)[C@H]2[C@H]1CO. The van der Waals surface area contributed by atoms with Crippen LogP contribution in [0.4, 0.5) is 0 Å². The summed E-state index contributed by atoms with van der Waals surface area (Å²) in [4.78, 5) is 38.9. The highest BCUT2D eigenvalue weighted by Crippen LogP contribution is 2.48. The molecule has 3 rings (SSSR count). The van der Waals surface area contributed by atoms with Crippen molar-refractivity contribution in [3.05, 3.63) is 45.5 Å². The van der Waals surface area contributed by atoms with E-state index in [0.29, 0.717) is 49.8 Å². The Bertz CT molecular complexity index is 1170. The third-order valence-electron chi connectivity index (χ3n) is 8.81. The molecule has 0 aromatic heterocycles. The molecule has 1 aromatic rings. The summed E-state index contributed by atoms with van der Waals surface area (Å²) < 4.78 is 0. The second kappa shape index (κ2) is 14.3. The fourth-order valence-corrected chi connectivity index (χ4v) is 6.59. The first-order valence-electron chi connectivity index (χ1n) is 15.0. The van der Waals surface area contributed by atoms with E-state index in [9.17, 15) is 29.7 Å². The summed E-state index contributed by atoms with van der Waals surface area (Å²) in [6.07, 6.45) is 5.21. The second-order valence-corrected chi connectivity index (χ2v) is 12.0. The zero-order valence-electron chi connectivity index (χ0n) is 25.2. The number of phenols is 1. The smallest absolute Gasteiger partial charge is 0.303 e. The van der Waals surface area contributed by atoms with Gasteiger partial charge in [-0.2, -0.15) is 0 Å². The predicted molar refractivity (Wildman–Crippen MR) is 158 cm³/mol. The molecule has 1 aromatic carbocycles. The van der Waals surface area contributed by atoms with Gasteiger partial charge in [-0.05, 0) is 92.7 Å². The second-order valence-electron chi connectivity index (χ2n) is 12.0. The highest BCUT2D eigenvalue weighted by Gasteiger charge is 2.54. The fraction of sp³-hybridized carbons (Fsp3) is 0.606. The first-order valence-corrected chi connectivity index (χ1v) is 15.0. The number of imide groups is 1. The number of unbranched alkanes of at least 4 members (excludes halogenated alkanes) is 2. The first-order chi connectivity index (χ1) is 19.4. The summed E-state index contributed by atoms with van der Waals surface area (Å²) in [6, 6.07) is 3.88. The molecule has 8 nitrogen and oxygen atoms in total. The number of allylic oxidation sites excluding steroid dienone is 2. The fourth-order valence-electron chi connectivity index (χ4n) is 6.59. The quantitative estimate of drug-likeness (QED) is 0.138. The Morgan fingerprint density at radius 1 is 1.07 bits per heavy atom. The number of phenolic OH excluding ortho intramolecular Hbond substituents is 1. The minimum absolute atomic E-state index is 0.0479. The van der Waals surface area contributed by atoms with Crippen LogP contribution in [0.1, 0.15) is 88.8 Å². The lowest BCUT2D eigenvalue weighted by Crippen LogP contribution is -2.40. The molecule has 0 saturated carbocycles. The van der Waals surface area contributed by atoms with Crippen molar-refractivity contribution >= 4 is 23.9 Å². The van der Waals surface area contributed by atoms with Gasteiger partial charge in [0.2, 0.25) is 11.8 Å². The highest BCUT2D eigenvalue weighted by molar-refractivity contribution is 6.05. The van der Waals surface area contributed by atoms with E-state index in [0.717, 1.165) is 34.3 Å². The molecule has 0 spiro atoms. The minimum Gasteiger partial charge on any atom is -0.507 e. The number of amides is 2. The molecule has 8 heteroatoms. The third kappa shape index (κ3) is 7.46. The zero-order chi connectivity index (χ0) is 30.4. The van der Waals surface area contributed by atoms with Gasteiger partial charge in [0.1, 0.15) is 5.75 Å². The Hall–Kier alpha value is -2.97. The van der Waals surface area contributed by atoms with Gasteiger partial charge in [-0.3, -0.25) is 19.3 Å². The van der Waals surface area contributed by atoms with Crippen molar-refractivity contribution in [3.8, 4) is 5.75 Å². The maximum absolute atomic E-state index is 13.5. The first kappa shape index (κ1) is 32.5. The number of carbonyl (C=O) groups is 3. The number of hydrogen-bond donors (Lipinski definition) is 4. The Balaban J connectivity index is 1.79. The third-order valence-corrected chi connectivity index (χ3v) is 8.81. The number of aliphatic hydroxyl groups is 2. The average molecular weight is 570 g/mol. The number of aromatic hydroxyl groups is 1. The maximum atomic E-state index is 13.5. The summed E-state index contributed by atoms with van der Waals surface area (Å²) >= 11 is 0. The van der Waals surface area contributed by atoms with E-state index in [-0.39, 0.29) is 37.3 Å². The number of nitrogens with zero attached hydrogens (tertiary/aromatic N) is 1. The van der Waals surface area contributed by atoms with Crippen molar-refractivity contribution < 1.29 is 34.8 Å². The highest BCUT2D eigenvalue weighted by atomic mass is 16.4. The number of hydrogen-bond acceptors (Lipinski definition) is 6. The monoisotopic (exact) mass is 569 g/mol. The number of carboxylic acids is 1. The van der Waals surface area contributed by atoms with Gasteiger partial charge < -0.3 is 20.4 Å². The van der Waals surface area contributed by atoms with E-state index >= 15 is 0 Å². The molecule has 2 amide bonds. The molecule has 1 heterocycles. The zero-order valence-corrected chi connectivity index (χ0v) is 25.2. The normalized spacial score (nSPS) is 22.1. The maximum Gasteiger partial charge on any atom is 0.303 e. The molecule has 226 valence electrons. The van der Waals surface area contributed by atoms with Crippen molar-refractivity contribution in [1.29, 1.82) is 0 Å². The Morgan fingerprint density at radius 2 is 1.73 bits per heavy atom. The lowest BCUT2D eigenvalue weighted by Gasteiger charge is -2.38. The molecule has 1 aliphatic heterocycles. The topological polar surface area (TPSA) is 135 Å². The summed E-state index contributed by atoms with van der Waals surface area (Å²) in [5.41, 5.74) is 5.43. The van der Waals surface area contributed by atoms with Crippen LogP contribution in [0.15, 0.2) is 28.9 Å². The van der Waals surface area contributed by atoms with Crippen molar-refractivity contribution in [1.82, 2.24) is 4.90 Å². The van der Waals surface area contributed by atoms with Crippen LogP contribution in [0.25, 0.3) is 6.08 Å². The van der Waals surface area contributed by atoms with Crippen LogP contribution in [0.3, 0.4) is 0 Å². The van der Waals surface area contributed by atoms with Crippen molar-refractivity contribution in [2.24, 2.45) is 23.7 Å². The van der Waals surface area contributed by atoms with Gasteiger partial charge in [-0.1, -0.05) is 44.4 Å². The standard InChI is InChI=1S/C33H47NO7/c1-6-22(16-23-14-20(4)31(39)21(5)15-23)11-12-27(36)29-24(19(2)3)17-25-30(26(29)18-35)33(41)34(32(25)40)13-9-7-8-10-28(37)38/h14-16,19,25-27,30,35-36,39H,6-13,17-18H2,1-5H3,(H,37,38)/b22-16+/t25-,26+,27-,30-/m1/s1. The number of fused-ring (bicyclic) bond motifs is 1. The molecule has 1 aliphatic carbocycles. The van der Waals surface area contributed by atoms with Crippen molar-refractivity contribution in [3.63, 3.8) is 0 Å². The average Bonchev–Trinajstić information content (AvgIpc) is 3.16. The number of carboxylic acid groups (broad SMARTS) is 1. The molecule has 2 aliphatic rings. The van der Waals surface area contributed by atoms with Gasteiger partial charge in [0, 0.05) is 18.9 Å². The van der Waals surface area contributed by atoms with Crippen LogP contribution >= 0.6 is 0 Å². The van der Waals surface area contributed by atoms with Gasteiger partial charge in [0.05, 0.1) is 24.5 Å². The van der Waals surface area contributed by atoms with Crippen molar-refractivity contribution in [2.75, 3.05) is 13.2 Å². The lowest BCUT2D eigenvalue weighted by atomic mass is 9.66. The van der Waals surface area contributed by atoms with Crippen LogP contribution in [0.2, 0.25) is 0 Å². The molecule has 0 unspecified atom stereocenters. The molecule has 0 radical (unpaired) electrons. The Kier molecular flexibility index (Phi) is 11.3. The molecular weight excluding hydrogens is 522 g/mol. The van der Waals surface area contributed by atoms with Crippen LogP contribution in [0.5, 0.6) is 5.75 Å². The number of aryl methyl sites for hydroxylation is 2. The Morgan fingerprint density at radius 3 is 2.29 bits per heavy atom. The van der Waals surface area contributed by atoms with Crippen LogP contribution in [-0.4, -0.2) is 62.4 Å². The van der Waals surface area contributed by atoms with E-state index in [1.165, 1.54) is 4.90 Å². The van der Waals surface area contributed by atoms with Gasteiger partial charge in [-0.15, -0.1) is 0 Å². The largest absolute Gasteiger partial charge is 0.507 e. The lowest BCUT2D eigenvalue weighted by molar-refractivity contribution is -0.141. The van der Waals surface area contributed by atoms with Gasteiger partial charge in [-0.25, -0.2) is 0 Å². The number of likely N-dealkylation sites (tertiary alicyclic amines) is 1. The molecule has 4 atom stereocenters. The van der Waals surface area contributed by atoms with Gasteiger partial charge in [0.25, 0.3) is 0 Å². The minimum atomic E-state index is -0.861. The number of benzene rings is 1. The number of aliphatic hydroxyl groups excluding tert-OH is 2.